The van der Waals surface area contributed by atoms with Crippen LogP contribution in [0, 0.1) is 5.82 Å². The molecule has 1 unspecified atom stereocenters. The van der Waals surface area contributed by atoms with Crippen LogP contribution in [0.15, 0.2) is 22.7 Å². The summed E-state index contributed by atoms with van der Waals surface area (Å²) >= 11 is 3.39. The number of nitrogens with zero attached hydrogens (tertiary/aromatic N) is 1. The summed E-state index contributed by atoms with van der Waals surface area (Å²) in [5, 5.41) is 3.27. The van der Waals surface area contributed by atoms with Crippen LogP contribution in [0.4, 0.5) is 4.39 Å². The van der Waals surface area contributed by atoms with Gasteiger partial charge in [0.25, 0.3) is 0 Å². The Morgan fingerprint density at radius 2 is 2.12 bits per heavy atom. The molecule has 0 fully saturated rings. The first-order chi connectivity index (χ1) is 7.52. The summed E-state index contributed by atoms with van der Waals surface area (Å²) in [6.45, 7) is 0.959. The second-order valence-electron chi connectivity index (χ2n) is 4.19. The fraction of sp³-hybridized carbons (Fsp3) is 0.500. The number of halogens is 2. The third kappa shape index (κ3) is 4.20. The summed E-state index contributed by atoms with van der Waals surface area (Å²) in [5.74, 6) is -0.204. The highest BCUT2D eigenvalue weighted by Gasteiger charge is 2.10. The Morgan fingerprint density at radius 3 is 2.62 bits per heavy atom. The van der Waals surface area contributed by atoms with Crippen molar-refractivity contribution in [1.29, 1.82) is 0 Å². The number of hydrogen-bond acceptors (Lipinski definition) is 2. The number of benzene rings is 1. The van der Waals surface area contributed by atoms with Crippen molar-refractivity contribution in [2.75, 3.05) is 27.7 Å². The highest BCUT2D eigenvalue weighted by atomic mass is 79.9. The predicted octanol–water partition coefficient (Wildman–Crippen LogP) is 2.28. The molecule has 0 aromatic heterocycles. The van der Waals surface area contributed by atoms with Crippen molar-refractivity contribution in [1.82, 2.24) is 10.2 Å². The minimum absolute atomic E-state index is 0.204. The van der Waals surface area contributed by atoms with E-state index in [1.54, 1.807) is 0 Å². The Bertz CT molecular complexity index is 342. The molecule has 0 saturated heterocycles. The van der Waals surface area contributed by atoms with E-state index in [4.69, 9.17) is 0 Å². The van der Waals surface area contributed by atoms with Crippen LogP contribution in [-0.2, 0) is 6.42 Å². The van der Waals surface area contributed by atoms with Gasteiger partial charge in [0.1, 0.15) is 5.82 Å². The largest absolute Gasteiger partial charge is 0.315 e. The van der Waals surface area contributed by atoms with Gasteiger partial charge in [-0.2, -0.15) is 0 Å². The van der Waals surface area contributed by atoms with Crippen molar-refractivity contribution in [3.63, 3.8) is 0 Å². The van der Waals surface area contributed by atoms with Gasteiger partial charge < -0.3 is 10.2 Å². The summed E-state index contributed by atoms with van der Waals surface area (Å²) in [5.41, 5.74) is 1.13. The second kappa shape index (κ2) is 6.33. The van der Waals surface area contributed by atoms with Gasteiger partial charge in [-0.15, -0.1) is 0 Å². The Labute approximate surface area is 105 Å². The van der Waals surface area contributed by atoms with Crippen molar-refractivity contribution in [3.8, 4) is 0 Å². The summed E-state index contributed by atoms with van der Waals surface area (Å²) in [6.07, 6.45) is 0.884. The number of likely N-dealkylation sites (N-methyl/N-ethyl adjacent to an activating group) is 2. The normalized spacial score (nSPS) is 13.1. The van der Waals surface area contributed by atoms with Crippen molar-refractivity contribution in [2.24, 2.45) is 0 Å². The fourth-order valence-electron chi connectivity index (χ4n) is 1.65. The van der Waals surface area contributed by atoms with Gasteiger partial charge in [-0.25, -0.2) is 4.39 Å². The predicted molar refractivity (Wildman–Crippen MR) is 69.2 cm³/mol. The van der Waals surface area contributed by atoms with Crippen molar-refractivity contribution in [2.45, 2.75) is 12.5 Å². The van der Waals surface area contributed by atoms with Crippen LogP contribution in [0.5, 0.6) is 0 Å². The Hall–Kier alpha value is -0.450. The van der Waals surface area contributed by atoms with E-state index < -0.39 is 0 Å². The third-order valence-corrected chi connectivity index (χ3v) is 3.21. The van der Waals surface area contributed by atoms with Gasteiger partial charge in [-0.1, -0.05) is 22.0 Å². The molecule has 0 heterocycles. The molecule has 0 amide bonds. The quantitative estimate of drug-likeness (QED) is 0.894. The summed E-state index contributed by atoms with van der Waals surface area (Å²) in [4.78, 5) is 2.14. The maximum Gasteiger partial charge on any atom is 0.124 e. The molecule has 1 aromatic rings. The highest BCUT2D eigenvalue weighted by molar-refractivity contribution is 9.10. The van der Waals surface area contributed by atoms with Gasteiger partial charge in [0.05, 0.1) is 0 Å². The number of nitrogens with one attached hydrogen (secondary N) is 1. The maximum atomic E-state index is 12.9. The minimum Gasteiger partial charge on any atom is -0.315 e. The lowest BCUT2D eigenvalue weighted by Gasteiger charge is -2.21. The molecular weight excluding hydrogens is 271 g/mol. The lowest BCUT2D eigenvalue weighted by atomic mass is 10.1. The molecule has 1 atom stereocenters. The summed E-state index contributed by atoms with van der Waals surface area (Å²) in [7, 11) is 6.04. The van der Waals surface area contributed by atoms with Gasteiger partial charge in [-0.05, 0) is 45.3 Å². The average molecular weight is 289 g/mol. The van der Waals surface area contributed by atoms with Gasteiger partial charge in [0.15, 0.2) is 0 Å². The zero-order chi connectivity index (χ0) is 12.1. The van der Waals surface area contributed by atoms with Crippen molar-refractivity contribution >= 4 is 15.9 Å². The van der Waals surface area contributed by atoms with Crippen LogP contribution in [0.3, 0.4) is 0 Å². The van der Waals surface area contributed by atoms with Crippen LogP contribution in [-0.4, -0.2) is 38.6 Å². The molecule has 0 aliphatic carbocycles. The molecule has 0 radical (unpaired) electrons. The standard InChI is InChI=1S/C12H18BrFN2/c1-15-11(8-16(2)3)6-9-4-5-10(14)7-12(9)13/h4-5,7,11,15H,6,8H2,1-3H3. The molecular formula is C12H18BrFN2. The van der Waals surface area contributed by atoms with E-state index in [2.05, 4.69) is 26.1 Å². The second-order valence-corrected chi connectivity index (χ2v) is 5.04. The zero-order valence-corrected chi connectivity index (χ0v) is 11.5. The van der Waals surface area contributed by atoms with Crippen molar-refractivity contribution in [3.05, 3.63) is 34.1 Å². The monoisotopic (exact) mass is 288 g/mol. The van der Waals surface area contributed by atoms with Crippen molar-refractivity contribution < 1.29 is 4.39 Å². The van der Waals surface area contributed by atoms with Crippen LogP contribution in [0.25, 0.3) is 0 Å². The van der Waals surface area contributed by atoms with E-state index in [1.165, 1.54) is 12.1 Å². The molecule has 0 aliphatic heterocycles. The Balaban J connectivity index is 2.70. The molecule has 0 spiro atoms. The van der Waals surface area contributed by atoms with E-state index in [0.717, 1.165) is 23.0 Å². The summed E-state index contributed by atoms with van der Waals surface area (Å²) < 4.78 is 13.8. The van der Waals surface area contributed by atoms with Gasteiger partial charge in [-0.3, -0.25) is 0 Å². The van der Waals surface area contributed by atoms with Crippen LogP contribution in [0.2, 0.25) is 0 Å². The molecule has 2 nitrogen and oxygen atoms in total. The Kier molecular flexibility index (Phi) is 5.38. The number of hydrogen-bond donors (Lipinski definition) is 1. The van der Waals surface area contributed by atoms with Crippen LogP contribution >= 0.6 is 15.9 Å². The van der Waals surface area contributed by atoms with Crippen LogP contribution in [0.1, 0.15) is 5.56 Å². The molecule has 0 bridgehead atoms. The first-order valence-corrected chi connectivity index (χ1v) is 6.08. The van der Waals surface area contributed by atoms with Gasteiger partial charge in [0, 0.05) is 17.1 Å². The molecule has 4 heteroatoms. The van der Waals surface area contributed by atoms with E-state index in [1.807, 2.05) is 27.2 Å². The fourth-order valence-corrected chi connectivity index (χ4v) is 2.16. The van der Waals surface area contributed by atoms with E-state index >= 15 is 0 Å². The van der Waals surface area contributed by atoms with Crippen LogP contribution < -0.4 is 5.32 Å². The van der Waals surface area contributed by atoms with E-state index in [9.17, 15) is 4.39 Å². The zero-order valence-electron chi connectivity index (χ0n) is 9.93. The van der Waals surface area contributed by atoms with Gasteiger partial charge >= 0.3 is 0 Å². The smallest absolute Gasteiger partial charge is 0.124 e. The first-order valence-electron chi connectivity index (χ1n) is 5.29. The SMILES string of the molecule is CNC(Cc1ccc(F)cc1Br)CN(C)C. The Morgan fingerprint density at radius 1 is 1.44 bits per heavy atom. The topological polar surface area (TPSA) is 15.3 Å². The van der Waals surface area contributed by atoms with Gasteiger partial charge in [0.2, 0.25) is 0 Å². The van der Waals surface area contributed by atoms with E-state index in [-0.39, 0.29) is 5.82 Å². The van der Waals surface area contributed by atoms with E-state index in [0.29, 0.717) is 6.04 Å². The lowest BCUT2D eigenvalue weighted by Crippen LogP contribution is -2.37. The molecule has 0 saturated carbocycles. The molecule has 90 valence electrons. The molecule has 1 N–H and O–H groups in total. The maximum absolute atomic E-state index is 12.9. The lowest BCUT2D eigenvalue weighted by molar-refractivity contribution is 0.346. The molecule has 16 heavy (non-hydrogen) atoms. The minimum atomic E-state index is -0.204. The third-order valence-electron chi connectivity index (χ3n) is 2.48. The molecule has 0 aliphatic rings. The summed E-state index contributed by atoms with van der Waals surface area (Å²) in [6, 6.07) is 5.22. The number of rotatable bonds is 5. The highest BCUT2D eigenvalue weighted by Crippen LogP contribution is 2.19. The molecule has 1 aromatic carbocycles. The first kappa shape index (κ1) is 13.6. The average Bonchev–Trinajstić information content (AvgIpc) is 2.20. The molecule has 1 rings (SSSR count).